The van der Waals surface area contributed by atoms with Crippen molar-refractivity contribution in [1.29, 1.82) is 0 Å². The highest BCUT2D eigenvalue weighted by Gasteiger charge is 2.36. The van der Waals surface area contributed by atoms with E-state index in [1.807, 2.05) is 0 Å². The lowest BCUT2D eigenvalue weighted by atomic mass is 10.1. The van der Waals surface area contributed by atoms with Crippen LogP contribution in [0, 0.1) is 0 Å². The van der Waals surface area contributed by atoms with Gasteiger partial charge in [-0.25, -0.2) is 8.78 Å². The fraction of sp³-hybridized carbons (Fsp3) is 0.250. The molecule has 0 saturated heterocycles. The molecule has 0 aromatic carbocycles. The van der Waals surface area contributed by atoms with E-state index >= 15 is 0 Å². The fourth-order valence-electron chi connectivity index (χ4n) is 0.957. The maximum absolute atomic E-state index is 13.2. The number of rotatable bonds is 3. The Morgan fingerprint density at radius 1 is 1.64 bits per heavy atom. The zero-order chi connectivity index (χ0) is 10.8. The molecule has 76 valence electrons. The minimum atomic E-state index is -3.47. The average molecular weight is 222 g/mol. The minimum absolute atomic E-state index is 0.237. The normalized spacial score (nSPS) is 11.4. The highest BCUT2D eigenvalue weighted by Crippen LogP contribution is 2.35. The molecular weight excluding hydrogens is 216 g/mol. The number of carboxylic acids is 1. The minimum Gasteiger partial charge on any atom is -0.481 e. The third-order valence-electron chi connectivity index (χ3n) is 1.54. The van der Waals surface area contributed by atoms with Gasteiger partial charge in [0.25, 0.3) is 5.92 Å². The number of alkyl halides is 2. The second kappa shape index (κ2) is 3.88. The molecule has 0 saturated carbocycles. The molecule has 0 unspecified atom stereocenters. The molecule has 1 rings (SSSR count). The van der Waals surface area contributed by atoms with Crippen LogP contribution in [0.1, 0.15) is 12.0 Å². The first kappa shape index (κ1) is 10.8. The first-order valence-corrected chi connectivity index (χ1v) is 4.01. The molecule has 1 aromatic rings. The number of aromatic nitrogens is 1. The predicted molar refractivity (Wildman–Crippen MR) is 45.4 cm³/mol. The largest absolute Gasteiger partial charge is 0.481 e. The van der Waals surface area contributed by atoms with Gasteiger partial charge in [0, 0.05) is 18.0 Å². The summed E-state index contributed by atoms with van der Waals surface area (Å²) in [7, 11) is 0. The van der Waals surface area contributed by atoms with Gasteiger partial charge in [0.05, 0.1) is 5.02 Å². The first-order valence-electron chi connectivity index (χ1n) is 3.63. The van der Waals surface area contributed by atoms with E-state index in [1.54, 1.807) is 0 Å². The monoisotopic (exact) mass is 221 g/mol. The Morgan fingerprint density at radius 3 is 2.79 bits per heavy atom. The maximum atomic E-state index is 13.2. The van der Waals surface area contributed by atoms with E-state index in [-0.39, 0.29) is 5.02 Å². The molecule has 0 aliphatic rings. The van der Waals surface area contributed by atoms with Crippen molar-refractivity contribution in [2.75, 3.05) is 0 Å². The van der Waals surface area contributed by atoms with E-state index in [9.17, 15) is 13.6 Å². The van der Waals surface area contributed by atoms with Crippen LogP contribution in [0.4, 0.5) is 8.78 Å². The summed E-state index contributed by atoms with van der Waals surface area (Å²) < 4.78 is 26.3. The van der Waals surface area contributed by atoms with Crippen molar-refractivity contribution in [3.63, 3.8) is 0 Å². The predicted octanol–water partition coefficient (Wildman–Crippen LogP) is 2.30. The summed E-state index contributed by atoms with van der Waals surface area (Å²) in [6.07, 6.45) is 0.903. The van der Waals surface area contributed by atoms with Crippen LogP contribution < -0.4 is 0 Å². The van der Waals surface area contributed by atoms with Crippen molar-refractivity contribution in [2.45, 2.75) is 12.3 Å². The van der Waals surface area contributed by atoms with E-state index in [1.165, 1.54) is 0 Å². The summed E-state index contributed by atoms with van der Waals surface area (Å²) in [5.74, 6) is -5.05. The van der Waals surface area contributed by atoms with Crippen molar-refractivity contribution < 1.29 is 18.7 Å². The number of aliphatic carboxylic acids is 1. The van der Waals surface area contributed by atoms with Gasteiger partial charge in [0.1, 0.15) is 6.42 Å². The number of hydrogen-bond donors (Lipinski definition) is 1. The van der Waals surface area contributed by atoms with Crippen molar-refractivity contribution in [1.82, 2.24) is 4.98 Å². The van der Waals surface area contributed by atoms with Gasteiger partial charge in [-0.3, -0.25) is 9.78 Å². The second-order valence-electron chi connectivity index (χ2n) is 2.63. The van der Waals surface area contributed by atoms with Gasteiger partial charge >= 0.3 is 5.97 Å². The molecule has 1 aromatic heterocycles. The summed E-state index contributed by atoms with van der Waals surface area (Å²) in [6.45, 7) is 0. The molecule has 0 spiro atoms. The van der Waals surface area contributed by atoms with Crippen LogP contribution in [0.3, 0.4) is 0 Å². The lowest BCUT2D eigenvalue weighted by molar-refractivity contribution is -0.145. The molecule has 0 bridgehead atoms. The average Bonchev–Trinajstić information content (AvgIpc) is 2.02. The third-order valence-corrected chi connectivity index (χ3v) is 1.84. The Kier molecular flexibility index (Phi) is 3.00. The smallest absolute Gasteiger partial charge is 0.309 e. The second-order valence-corrected chi connectivity index (χ2v) is 3.04. The Morgan fingerprint density at radius 2 is 2.29 bits per heavy atom. The number of halogens is 3. The summed E-state index contributed by atoms with van der Waals surface area (Å²) in [6, 6.07) is 1.01. The van der Waals surface area contributed by atoms with Gasteiger partial charge in [-0.05, 0) is 6.07 Å². The Balaban J connectivity index is 3.03. The molecule has 0 atom stereocenters. The lowest BCUT2D eigenvalue weighted by Gasteiger charge is -2.14. The zero-order valence-electron chi connectivity index (χ0n) is 6.88. The number of pyridine rings is 1. The maximum Gasteiger partial charge on any atom is 0.309 e. The van der Waals surface area contributed by atoms with Gasteiger partial charge in [0.15, 0.2) is 0 Å². The quantitative estimate of drug-likeness (QED) is 0.852. The molecule has 1 N–H and O–H groups in total. The van der Waals surface area contributed by atoms with Gasteiger partial charge in [0.2, 0.25) is 0 Å². The summed E-state index contributed by atoms with van der Waals surface area (Å²) in [5.41, 5.74) is -0.517. The molecule has 0 fully saturated rings. The molecule has 0 aliphatic heterocycles. The first-order chi connectivity index (χ1) is 6.43. The SMILES string of the molecule is O=C(O)CC(F)(F)c1ccncc1Cl. The highest BCUT2D eigenvalue weighted by molar-refractivity contribution is 6.31. The van der Waals surface area contributed by atoms with Gasteiger partial charge in [-0.2, -0.15) is 0 Å². The van der Waals surface area contributed by atoms with Crippen LogP contribution >= 0.6 is 11.6 Å². The van der Waals surface area contributed by atoms with Crippen LogP contribution in [0.15, 0.2) is 18.5 Å². The molecular formula is C8H6ClF2NO2. The van der Waals surface area contributed by atoms with Crippen LogP contribution in [0.5, 0.6) is 0 Å². The van der Waals surface area contributed by atoms with Crippen molar-refractivity contribution in [3.05, 3.63) is 29.0 Å². The standard InChI is InChI=1S/C8H6ClF2NO2/c9-6-4-12-2-1-5(6)8(10,11)3-7(13)14/h1-2,4H,3H2,(H,13,14). The Labute approximate surface area is 83.3 Å². The van der Waals surface area contributed by atoms with E-state index < -0.39 is 23.9 Å². The Bertz CT molecular complexity index is 357. The topological polar surface area (TPSA) is 50.2 Å². The molecule has 0 aliphatic carbocycles. The van der Waals surface area contributed by atoms with E-state index in [4.69, 9.17) is 16.7 Å². The highest BCUT2D eigenvalue weighted by atomic mass is 35.5. The molecule has 0 radical (unpaired) electrons. The van der Waals surface area contributed by atoms with Gasteiger partial charge in [-0.1, -0.05) is 11.6 Å². The summed E-state index contributed by atoms with van der Waals surface area (Å²) in [5, 5.41) is 8.03. The summed E-state index contributed by atoms with van der Waals surface area (Å²) in [4.78, 5) is 13.7. The molecule has 14 heavy (non-hydrogen) atoms. The third kappa shape index (κ3) is 2.38. The molecule has 0 amide bonds. The van der Waals surface area contributed by atoms with Crippen LogP contribution in [0.2, 0.25) is 5.02 Å². The number of carboxylic acid groups (broad SMARTS) is 1. The molecule has 1 heterocycles. The molecule has 3 nitrogen and oxygen atoms in total. The van der Waals surface area contributed by atoms with Crippen LogP contribution in [-0.2, 0) is 10.7 Å². The number of carbonyl (C=O) groups is 1. The van der Waals surface area contributed by atoms with E-state index in [0.717, 1.165) is 18.5 Å². The van der Waals surface area contributed by atoms with Crippen molar-refractivity contribution in [2.24, 2.45) is 0 Å². The van der Waals surface area contributed by atoms with Crippen molar-refractivity contribution in [3.8, 4) is 0 Å². The van der Waals surface area contributed by atoms with Crippen molar-refractivity contribution >= 4 is 17.6 Å². The van der Waals surface area contributed by atoms with Gasteiger partial charge in [-0.15, -0.1) is 0 Å². The van der Waals surface area contributed by atoms with Gasteiger partial charge < -0.3 is 5.11 Å². The van der Waals surface area contributed by atoms with E-state index in [2.05, 4.69) is 4.98 Å². The Hall–Kier alpha value is -1.23. The van der Waals surface area contributed by atoms with E-state index in [0.29, 0.717) is 0 Å². The fourth-order valence-corrected chi connectivity index (χ4v) is 1.21. The number of nitrogens with zero attached hydrogens (tertiary/aromatic N) is 1. The number of hydrogen-bond acceptors (Lipinski definition) is 2. The zero-order valence-corrected chi connectivity index (χ0v) is 7.63. The lowest BCUT2D eigenvalue weighted by Crippen LogP contribution is -2.19. The summed E-state index contributed by atoms with van der Waals surface area (Å²) >= 11 is 5.46. The van der Waals surface area contributed by atoms with Crippen LogP contribution in [0.25, 0.3) is 0 Å². The molecule has 6 heteroatoms. The van der Waals surface area contributed by atoms with Crippen LogP contribution in [-0.4, -0.2) is 16.1 Å².